The molecule has 0 unspecified atom stereocenters. The highest BCUT2D eigenvalue weighted by atomic mass is 32.1. The number of thiophene rings is 1. The maximum absolute atomic E-state index is 12.5. The van der Waals surface area contributed by atoms with Crippen LogP contribution in [0, 0.1) is 17.0 Å². The summed E-state index contributed by atoms with van der Waals surface area (Å²) in [5, 5.41) is 24.0. The van der Waals surface area contributed by atoms with Crippen molar-refractivity contribution in [2.45, 2.75) is 25.8 Å². The summed E-state index contributed by atoms with van der Waals surface area (Å²) in [5.74, 6) is -1.21. The minimum atomic E-state index is -1.00. The Morgan fingerprint density at radius 2 is 2.04 bits per heavy atom. The highest BCUT2D eigenvalue weighted by Gasteiger charge is 2.28. The molecule has 25 heavy (non-hydrogen) atoms. The lowest BCUT2D eigenvalue weighted by molar-refractivity contribution is -0.380. The molecule has 2 aromatic heterocycles. The van der Waals surface area contributed by atoms with Gasteiger partial charge in [-0.05, 0) is 25.8 Å². The molecule has 0 aliphatic carbocycles. The number of carbonyl (C=O) groups excluding carboxylic acids is 1. The molecule has 0 atom stereocenters. The molecular formula is C15H16N4O5S. The second-order valence-corrected chi connectivity index (χ2v) is 6.87. The second-order valence-electron chi connectivity index (χ2n) is 5.81. The van der Waals surface area contributed by atoms with E-state index in [1.165, 1.54) is 18.3 Å². The molecule has 1 fully saturated rings. The number of aromatic nitrogens is 2. The van der Waals surface area contributed by atoms with Crippen LogP contribution in [0.4, 0.5) is 5.00 Å². The Hall–Kier alpha value is -2.75. The van der Waals surface area contributed by atoms with Crippen LogP contribution in [0.3, 0.4) is 0 Å². The largest absolute Gasteiger partial charge is 0.478 e. The van der Waals surface area contributed by atoms with Crippen molar-refractivity contribution >= 4 is 28.2 Å². The van der Waals surface area contributed by atoms with E-state index in [-0.39, 0.29) is 22.5 Å². The van der Waals surface area contributed by atoms with Crippen LogP contribution >= 0.6 is 11.3 Å². The quantitative estimate of drug-likeness (QED) is 0.657. The zero-order valence-corrected chi connectivity index (χ0v) is 14.2. The first-order valence-electron chi connectivity index (χ1n) is 7.69. The molecule has 3 heterocycles. The molecule has 1 aliphatic rings. The van der Waals surface area contributed by atoms with Gasteiger partial charge in [0, 0.05) is 19.2 Å². The summed E-state index contributed by atoms with van der Waals surface area (Å²) in [5.41, 5.74) is 0.788. The maximum atomic E-state index is 12.5. The van der Waals surface area contributed by atoms with Crippen LogP contribution in [0.5, 0.6) is 0 Å². The molecule has 1 amide bonds. The van der Waals surface area contributed by atoms with Crippen molar-refractivity contribution in [3.63, 3.8) is 0 Å². The Morgan fingerprint density at radius 3 is 2.56 bits per heavy atom. The third kappa shape index (κ3) is 3.25. The fraction of sp³-hybridized carbons (Fsp3) is 0.400. The number of carbonyl (C=O) groups is 2. The number of hydrogen-bond donors (Lipinski definition) is 1. The number of rotatable bonds is 4. The Labute approximate surface area is 146 Å². The fourth-order valence-corrected chi connectivity index (χ4v) is 3.80. The predicted octanol–water partition coefficient (Wildman–Crippen LogP) is 2.34. The van der Waals surface area contributed by atoms with E-state index in [2.05, 4.69) is 5.10 Å². The second kappa shape index (κ2) is 6.63. The van der Waals surface area contributed by atoms with Crippen LogP contribution in [0.1, 0.15) is 44.6 Å². The summed E-state index contributed by atoms with van der Waals surface area (Å²) in [4.78, 5) is 35.8. The molecule has 1 aliphatic heterocycles. The normalized spacial score (nSPS) is 15.3. The monoisotopic (exact) mass is 364 g/mol. The molecule has 10 heteroatoms. The highest BCUT2D eigenvalue weighted by Crippen LogP contribution is 2.29. The summed E-state index contributed by atoms with van der Waals surface area (Å²) in [6, 6.07) is 2.86. The number of nitrogens with zero attached hydrogens (tertiary/aromatic N) is 4. The van der Waals surface area contributed by atoms with E-state index in [4.69, 9.17) is 5.11 Å². The smallest absolute Gasteiger partial charge is 0.339 e. The van der Waals surface area contributed by atoms with Crippen molar-refractivity contribution < 1.29 is 19.6 Å². The molecule has 0 spiro atoms. The fourth-order valence-electron chi connectivity index (χ4n) is 3.01. The van der Waals surface area contributed by atoms with Crippen LogP contribution in [0.2, 0.25) is 0 Å². The average Bonchev–Trinajstić information content (AvgIpc) is 3.21. The van der Waals surface area contributed by atoms with E-state index in [1.807, 2.05) is 0 Å². The highest BCUT2D eigenvalue weighted by molar-refractivity contribution is 7.17. The van der Waals surface area contributed by atoms with Gasteiger partial charge in [-0.2, -0.15) is 5.10 Å². The molecule has 0 saturated carbocycles. The van der Waals surface area contributed by atoms with Crippen LogP contribution in [-0.2, 0) is 0 Å². The van der Waals surface area contributed by atoms with E-state index in [0.29, 0.717) is 36.5 Å². The molecule has 1 saturated heterocycles. The van der Waals surface area contributed by atoms with E-state index >= 15 is 0 Å². The lowest BCUT2D eigenvalue weighted by Crippen LogP contribution is -2.39. The summed E-state index contributed by atoms with van der Waals surface area (Å²) in [7, 11) is 0. The van der Waals surface area contributed by atoms with E-state index < -0.39 is 10.9 Å². The van der Waals surface area contributed by atoms with Gasteiger partial charge in [0.25, 0.3) is 5.91 Å². The molecule has 1 N–H and O–H groups in total. The number of aromatic carboxylic acids is 1. The number of hydrogen-bond acceptors (Lipinski definition) is 6. The van der Waals surface area contributed by atoms with Crippen molar-refractivity contribution in [3.05, 3.63) is 44.6 Å². The zero-order valence-electron chi connectivity index (χ0n) is 13.4. The lowest BCUT2D eigenvalue weighted by Gasteiger charge is -2.32. The maximum Gasteiger partial charge on any atom is 0.339 e. The van der Waals surface area contributed by atoms with E-state index in [0.717, 1.165) is 11.3 Å². The Kier molecular flexibility index (Phi) is 4.53. The van der Waals surface area contributed by atoms with Gasteiger partial charge in [0.15, 0.2) is 0 Å². The standard InChI is InChI=1S/C15H16N4O5S/c1-9-11(15(21)22)8-16-18(9)10-4-6-17(7-5-10)14(20)12-2-3-13(25-12)19(23)24/h2-3,8,10H,4-7H2,1H3,(H,21,22). The number of amides is 1. The van der Waals surface area contributed by atoms with Gasteiger partial charge >= 0.3 is 11.0 Å². The lowest BCUT2D eigenvalue weighted by atomic mass is 10.0. The topological polar surface area (TPSA) is 119 Å². The minimum Gasteiger partial charge on any atom is -0.478 e. The van der Waals surface area contributed by atoms with Crippen molar-refractivity contribution in [3.8, 4) is 0 Å². The third-order valence-electron chi connectivity index (χ3n) is 4.36. The molecular weight excluding hydrogens is 348 g/mol. The molecule has 2 aromatic rings. The third-order valence-corrected chi connectivity index (χ3v) is 5.38. The first kappa shape index (κ1) is 17.1. The van der Waals surface area contributed by atoms with Gasteiger partial charge in [0.05, 0.1) is 27.7 Å². The summed E-state index contributed by atoms with van der Waals surface area (Å²) < 4.78 is 1.71. The number of carboxylic acids is 1. The van der Waals surface area contributed by atoms with Gasteiger partial charge in [0.2, 0.25) is 0 Å². The van der Waals surface area contributed by atoms with E-state index in [9.17, 15) is 19.7 Å². The number of piperidine rings is 1. The molecule has 0 bridgehead atoms. The van der Waals surface area contributed by atoms with Crippen molar-refractivity contribution in [2.75, 3.05) is 13.1 Å². The number of carboxylic acid groups (broad SMARTS) is 1. The van der Waals surface area contributed by atoms with Crippen LogP contribution in [-0.4, -0.2) is 49.7 Å². The van der Waals surface area contributed by atoms with Crippen molar-refractivity contribution in [1.29, 1.82) is 0 Å². The molecule has 0 radical (unpaired) electrons. The van der Waals surface area contributed by atoms with E-state index in [1.54, 1.807) is 16.5 Å². The van der Waals surface area contributed by atoms with Crippen molar-refractivity contribution in [1.82, 2.24) is 14.7 Å². The van der Waals surface area contributed by atoms with Gasteiger partial charge < -0.3 is 10.0 Å². The molecule has 0 aromatic carbocycles. The van der Waals surface area contributed by atoms with Gasteiger partial charge in [-0.25, -0.2) is 4.79 Å². The summed E-state index contributed by atoms with van der Waals surface area (Å²) >= 11 is 0.876. The zero-order chi connectivity index (χ0) is 18.1. The number of likely N-dealkylation sites (tertiary alicyclic amines) is 1. The first-order chi connectivity index (χ1) is 11.9. The molecule has 3 rings (SSSR count). The van der Waals surface area contributed by atoms with Gasteiger partial charge in [0.1, 0.15) is 5.56 Å². The van der Waals surface area contributed by atoms with Gasteiger partial charge in [-0.1, -0.05) is 11.3 Å². The molecule has 132 valence electrons. The predicted molar refractivity (Wildman–Crippen MR) is 89.1 cm³/mol. The SMILES string of the molecule is Cc1c(C(=O)O)cnn1C1CCN(C(=O)c2ccc([N+](=O)[O-])s2)CC1. The Morgan fingerprint density at radius 1 is 1.36 bits per heavy atom. The number of nitro groups is 1. The summed E-state index contributed by atoms with van der Waals surface area (Å²) in [6.07, 6.45) is 2.65. The van der Waals surface area contributed by atoms with Crippen molar-refractivity contribution in [2.24, 2.45) is 0 Å². The van der Waals surface area contributed by atoms with Gasteiger partial charge in [-0.3, -0.25) is 19.6 Å². The van der Waals surface area contributed by atoms with Crippen LogP contribution in [0.25, 0.3) is 0 Å². The average molecular weight is 364 g/mol. The summed E-state index contributed by atoms with van der Waals surface area (Å²) in [6.45, 7) is 2.71. The Bertz CT molecular complexity index is 835. The Balaban J connectivity index is 1.66. The minimum absolute atomic E-state index is 0.0369. The van der Waals surface area contributed by atoms with Crippen LogP contribution < -0.4 is 0 Å². The van der Waals surface area contributed by atoms with Crippen LogP contribution in [0.15, 0.2) is 18.3 Å². The molecule has 9 nitrogen and oxygen atoms in total. The first-order valence-corrected chi connectivity index (χ1v) is 8.51. The van der Waals surface area contributed by atoms with Gasteiger partial charge in [-0.15, -0.1) is 0 Å².